The number of anilines is 1. The molecule has 2 aromatic rings. The van der Waals surface area contributed by atoms with Crippen LogP contribution in [0.15, 0.2) is 35.6 Å². The monoisotopic (exact) mass is 369 g/mol. The van der Waals surface area contributed by atoms with Crippen molar-refractivity contribution in [2.75, 3.05) is 31.6 Å². The second-order valence-electron chi connectivity index (χ2n) is 7.06. The molecule has 0 aliphatic carbocycles. The van der Waals surface area contributed by atoms with E-state index in [2.05, 4.69) is 73.4 Å². The van der Waals surface area contributed by atoms with E-state index >= 15 is 0 Å². The molecule has 1 aromatic heterocycles. The molecule has 1 aliphatic rings. The number of guanidine groups is 1. The van der Waals surface area contributed by atoms with Gasteiger partial charge in [-0.15, -0.1) is 10.2 Å². The molecule has 0 bridgehead atoms. The van der Waals surface area contributed by atoms with Crippen LogP contribution < -0.4 is 15.5 Å². The van der Waals surface area contributed by atoms with Crippen molar-refractivity contribution in [1.29, 1.82) is 0 Å². The molecular weight excluding hydrogens is 338 g/mol. The van der Waals surface area contributed by atoms with Gasteiger partial charge in [-0.05, 0) is 31.9 Å². The van der Waals surface area contributed by atoms with Crippen LogP contribution in [0.25, 0.3) is 0 Å². The molecule has 3 rings (SSSR count). The number of aliphatic imine (C=N–C) groups is 1. The van der Waals surface area contributed by atoms with Gasteiger partial charge >= 0.3 is 0 Å². The summed E-state index contributed by atoms with van der Waals surface area (Å²) in [4.78, 5) is 6.85. The smallest absolute Gasteiger partial charge is 0.191 e. The van der Waals surface area contributed by atoms with E-state index in [0.717, 1.165) is 50.8 Å². The molecular formula is C20H31N7. The van der Waals surface area contributed by atoms with E-state index in [4.69, 9.17) is 0 Å². The SMILES string of the molecule is CCc1nncn1CCNC(=NC)NC1CCCN(c2ccc(C)cc2)C1. The lowest BCUT2D eigenvalue weighted by atomic mass is 10.0. The van der Waals surface area contributed by atoms with E-state index < -0.39 is 0 Å². The number of piperidine rings is 1. The molecule has 2 N–H and O–H groups in total. The highest BCUT2D eigenvalue weighted by Crippen LogP contribution is 2.20. The molecule has 7 nitrogen and oxygen atoms in total. The lowest BCUT2D eigenvalue weighted by Crippen LogP contribution is -2.51. The van der Waals surface area contributed by atoms with Gasteiger partial charge in [-0.25, -0.2) is 0 Å². The Morgan fingerprint density at radius 1 is 1.30 bits per heavy atom. The average Bonchev–Trinajstić information content (AvgIpc) is 3.15. The maximum Gasteiger partial charge on any atom is 0.191 e. The molecule has 1 aromatic carbocycles. The first-order chi connectivity index (χ1) is 13.2. The fraction of sp³-hybridized carbons (Fsp3) is 0.550. The van der Waals surface area contributed by atoms with Crippen molar-refractivity contribution in [2.24, 2.45) is 4.99 Å². The highest BCUT2D eigenvalue weighted by atomic mass is 15.3. The van der Waals surface area contributed by atoms with Gasteiger partial charge in [0.05, 0.1) is 0 Å². The highest BCUT2D eigenvalue weighted by molar-refractivity contribution is 5.80. The Morgan fingerprint density at radius 2 is 2.11 bits per heavy atom. The van der Waals surface area contributed by atoms with Gasteiger partial charge in [0.25, 0.3) is 0 Å². The van der Waals surface area contributed by atoms with Crippen LogP contribution in [0.4, 0.5) is 5.69 Å². The van der Waals surface area contributed by atoms with Gasteiger partial charge in [-0.3, -0.25) is 4.99 Å². The average molecular weight is 370 g/mol. The van der Waals surface area contributed by atoms with E-state index in [-0.39, 0.29) is 0 Å². The highest BCUT2D eigenvalue weighted by Gasteiger charge is 2.21. The molecule has 2 heterocycles. The lowest BCUT2D eigenvalue weighted by Gasteiger charge is -2.35. The van der Waals surface area contributed by atoms with Crippen LogP contribution in [0.1, 0.15) is 31.2 Å². The fourth-order valence-corrected chi connectivity index (χ4v) is 3.51. The summed E-state index contributed by atoms with van der Waals surface area (Å²) in [5.74, 6) is 1.87. The van der Waals surface area contributed by atoms with Crippen molar-refractivity contribution in [3.05, 3.63) is 42.0 Å². The Balaban J connectivity index is 1.49. The summed E-state index contributed by atoms with van der Waals surface area (Å²) >= 11 is 0. The van der Waals surface area contributed by atoms with Gasteiger partial charge in [-0.2, -0.15) is 0 Å². The molecule has 1 fully saturated rings. The molecule has 1 atom stereocenters. The van der Waals surface area contributed by atoms with Crippen LogP contribution in [0.3, 0.4) is 0 Å². The summed E-state index contributed by atoms with van der Waals surface area (Å²) < 4.78 is 2.08. The number of hydrogen-bond acceptors (Lipinski definition) is 4. The molecule has 0 radical (unpaired) electrons. The van der Waals surface area contributed by atoms with E-state index in [1.165, 1.54) is 17.7 Å². The van der Waals surface area contributed by atoms with E-state index in [1.54, 1.807) is 6.33 Å². The van der Waals surface area contributed by atoms with Gasteiger partial charge in [0.2, 0.25) is 0 Å². The minimum Gasteiger partial charge on any atom is -0.369 e. The molecule has 1 aliphatic heterocycles. The Bertz CT molecular complexity index is 735. The Labute approximate surface area is 161 Å². The maximum absolute atomic E-state index is 4.39. The second kappa shape index (κ2) is 9.39. The number of aryl methyl sites for hydroxylation is 2. The zero-order valence-electron chi connectivity index (χ0n) is 16.6. The Morgan fingerprint density at radius 3 is 2.85 bits per heavy atom. The first-order valence-electron chi connectivity index (χ1n) is 9.85. The number of rotatable bonds is 6. The second-order valence-corrected chi connectivity index (χ2v) is 7.06. The number of aromatic nitrogens is 3. The summed E-state index contributed by atoms with van der Waals surface area (Å²) in [5, 5.41) is 15.1. The maximum atomic E-state index is 4.39. The van der Waals surface area contributed by atoms with Crippen LogP contribution in [0.5, 0.6) is 0 Å². The van der Waals surface area contributed by atoms with Gasteiger partial charge < -0.3 is 20.1 Å². The first kappa shape index (κ1) is 19.2. The third-order valence-corrected chi connectivity index (χ3v) is 5.04. The molecule has 27 heavy (non-hydrogen) atoms. The van der Waals surface area contributed by atoms with E-state index in [0.29, 0.717) is 6.04 Å². The van der Waals surface area contributed by atoms with Crippen LogP contribution in [-0.2, 0) is 13.0 Å². The van der Waals surface area contributed by atoms with Crippen molar-refractivity contribution in [2.45, 2.75) is 45.7 Å². The molecule has 146 valence electrons. The van der Waals surface area contributed by atoms with Crippen LogP contribution in [0.2, 0.25) is 0 Å². The Kier molecular flexibility index (Phi) is 6.68. The van der Waals surface area contributed by atoms with Crippen molar-refractivity contribution < 1.29 is 0 Å². The summed E-state index contributed by atoms with van der Waals surface area (Å²) in [6, 6.07) is 9.20. The number of hydrogen-bond donors (Lipinski definition) is 2. The Hall–Kier alpha value is -2.57. The fourth-order valence-electron chi connectivity index (χ4n) is 3.51. The van der Waals surface area contributed by atoms with Crippen molar-refractivity contribution in [1.82, 2.24) is 25.4 Å². The van der Waals surface area contributed by atoms with E-state index in [1.807, 2.05) is 7.05 Å². The van der Waals surface area contributed by atoms with Gasteiger partial charge in [-0.1, -0.05) is 24.6 Å². The first-order valence-corrected chi connectivity index (χ1v) is 9.85. The van der Waals surface area contributed by atoms with Crippen LogP contribution in [-0.4, -0.2) is 53.4 Å². The third kappa shape index (κ3) is 5.21. The van der Waals surface area contributed by atoms with Crippen molar-refractivity contribution in [3.63, 3.8) is 0 Å². The predicted octanol–water partition coefficient (Wildman–Crippen LogP) is 1.98. The minimum atomic E-state index is 0.396. The number of nitrogens with one attached hydrogen (secondary N) is 2. The van der Waals surface area contributed by atoms with Crippen molar-refractivity contribution in [3.8, 4) is 0 Å². The van der Waals surface area contributed by atoms with E-state index in [9.17, 15) is 0 Å². The predicted molar refractivity (Wildman–Crippen MR) is 110 cm³/mol. The summed E-state index contributed by atoms with van der Waals surface area (Å²) in [5.41, 5.74) is 2.60. The topological polar surface area (TPSA) is 70.4 Å². The van der Waals surface area contributed by atoms with Gasteiger partial charge in [0.1, 0.15) is 12.2 Å². The quantitative estimate of drug-likeness (QED) is 0.602. The molecule has 0 amide bonds. The van der Waals surface area contributed by atoms with Crippen LogP contribution >= 0.6 is 0 Å². The molecule has 0 spiro atoms. The standard InChI is InChI=1S/C20H31N7/c1-4-19-25-23-15-27(19)13-11-22-20(21-3)24-17-6-5-12-26(14-17)18-9-7-16(2)8-10-18/h7-10,15,17H,4-6,11-14H2,1-3H3,(H2,21,22,24). The summed E-state index contributed by atoms with van der Waals surface area (Å²) in [6.07, 6.45) is 5.03. The third-order valence-electron chi connectivity index (χ3n) is 5.04. The lowest BCUT2D eigenvalue weighted by molar-refractivity contribution is 0.467. The number of nitrogens with zero attached hydrogens (tertiary/aromatic N) is 5. The summed E-state index contributed by atoms with van der Waals surface area (Å²) in [6.45, 7) is 7.95. The zero-order valence-corrected chi connectivity index (χ0v) is 16.6. The summed E-state index contributed by atoms with van der Waals surface area (Å²) in [7, 11) is 1.83. The van der Waals surface area contributed by atoms with Crippen LogP contribution in [0, 0.1) is 6.92 Å². The zero-order chi connectivity index (χ0) is 19.1. The van der Waals surface area contributed by atoms with Gasteiger partial charge in [0, 0.05) is 51.4 Å². The van der Waals surface area contributed by atoms with Gasteiger partial charge in [0.15, 0.2) is 5.96 Å². The largest absolute Gasteiger partial charge is 0.369 e. The molecule has 7 heteroatoms. The molecule has 1 saturated heterocycles. The number of benzene rings is 1. The normalized spacial score (nSPS) is 17.8. The van der Waals surface area contributed by atoms with Crippen molar-refractivity contribution >= 4 is 11.6 Å². The molecule has 0 saturated carbocycles. The minimum absolute atomic E-state index is 0.396. The molecule has 1 unspecified atom stereocenters.